The molecule has 0 aliphatic carbocycles. The minimum absolute atomic E-state index is 0.651. The average Bonchev–Trinajstić information content (AvgIpc) is 2.09. The molecule has 0 unspecified atom stereocenters. The molecule has 0 nitrogen and oxygen atoms in total. The third-order valence-corrected chi connectivity index (χ3v) is 1.44. The van der Waals surface area contributed by atoms with Crippen molar-refractivity contribution in [2.24, 2.45) is 0 Å². The van der Waals surface area contributed by atoms with Gasteiger partial charge in [-0.05, 0) is 18.1 Å². The maximum absolute atomic E-state index is 11.7. The Morgan fingerprint density at radius 1 is 1.43 bits per heavy atom. The molecule has 0 saturated heterocycles. The summed E-state index contributed by atoms with van der Waals surface area (Å²) in [6, 6.07) is 0. The molecule has 0 aromatic carbocycles. The van der Waals surface area contributed by atoms with E-state index in [0.717, 1.165) is 11.6 Å². The summed E-state index contributed by atoms with van der Waals surface area (Å²) in [7, 11) is 0. The van der Waals surface area contributed by atoms with Crippen molar-refractivity contribution in [3.05, 3.63) is 42.2 Å². The monoisotopic (exact) mass is 202 g/mol. The van der Waals surface area contributed by atoms with Gasteiger partial charge in [-0.25, -0.2) is 0 Å². The van der Waals surface area contributed by atoms with Crippen molar-refractivity contribution in [3.63, 3.8) is 0 Å². The van der Waals surface area contributed by atoms with Crippen molar-refractivity contribution in [1.29, 1.82) is 0 Å². The topological polar surface area (TPSA) is 0 Å². The number of alkyl halides is 3. The quantitative estimate of drug-likeness (QED) is 0.474. The van der Waals surface area contributed by atoms with Gasteiger partial charge in [-0.1, -0.05) is 31.7 Å². The largest absolute Gasteiger partial charge is 0.393 e. The normalized spacial score (nSPS) is 11.1. The van der Waals surface area contributed by atoms with Crippen LogP contribution in [0.2, 0.25) is 0 Å². The van der Waals surface area contributed by atoms with Gasteiger partial charge in [-0.3, -0.25) is 0 Å². The molecule has 0 saturated carbocycles. The maximum Gasteiger partial charge on any atom is 0.393 e. The van der Waals surface area contributed by atoms with Crippen LogP contribution in [-0.4, -0.2) is 6.18 Å². The van der Waals surface area contributed by atoms with Crippen LogP contribution in [0.3, 0.4) is 0 Å². The minimum atomic E-state index is -4.14. The highest BCUT2D eigenvalue weighted by Gasteiger charge is 2.24. The van der Waals surface area contributed by atoms with Crippen molar-refractivity contribution < 1.29 is 13.2 Å². The Morgan fingerprint density at radius 3 is 2.50 bits per heavy atom. The van der Waals surface area contributed by atoms with E-state index in [2.05, 4.69) is 12.3 Å². The molecule has 0 radical (unpaired) electrons. The summed E-state index contributed by atoms with van der Waals surface area (Å²) in [4.78, 5) is 0. The van der Waals surface area contributed by atoms with Gasteiger partial charge in [0, 0.05) is 0 Å². The fourth-order valence-corrected chi connectivity index (χ4v) is 0.750. The lowest BCUT2D eigenvalue weighted by Gasteiger charge is -1.98. The Hall–Kier alpha value is -1.21. The van der Waals surface area contributed by atoms with E-state index in [1.165, 1.54) is 0 Å². The second-order valence-corrected chi connectivity index (χ2v) is 2.64. The summed E-state index contributed by atoms with van der Waals surface area (Å²) in [5.41, 5.74) is 3.33. The van der Waals surface area contributed by atoms with Gasteiger partial charge in [-0.15, -0.1) is 5.73 Å². The van der Waals surface area contributed by atoms with Crippen LogP contribution >= 0.6 is 0 Å². The highest BCUT2D eigenvalue weighted by Crippen LogP contribution is 2.19. The van der Waals surface area contributed by atoms with Crippen LogP contribution in [0.5, 0.6) is 0 Å². The van der Waals surface area contributed by atoms with Crippen molar-refractivity contribution in [1.82, 2.24) is 0 Å². The van der Waals surface area contributed by atoms with E-state index in [9.17, 15) is 13.2 Å². The van der Waals surface area contributed by atoms with Crippen molar-refractivity contribution in [2.75, 3.05) is 0 Å². The molecule has 0 N–H and O–H groups in total. The van der Waals surface area contributed by atoms with E-state index in [4.69, 9.17) is 0 Å². The van der Waals surface area contributed by atoms with E-state index < -0.39 is 12.6 Å². The van der Waals surface area contributed by atoms with E-state index >= 15 is 0 Å². The molecule has 0 rings (SSSR count). The Balaban J connectivity index is 4.43. The highest BCUT2D eigenvalue weighted by atomic mass is 19.4. The first-order chi connectivity index (χ1) is 6.49. The Kier molecular flexibility index (Phi) is 5.73. The van der Waals surface area contributed by atoms with E-state index in [0.29, 0.717) is 6.42 Å². The van der Waals surface area contributed by atoms with Crippen LogP contribution in [0.15, 0.2) is 42.2 Å². The lowest BCUT2D eigenvalue weighted by Crippen LogP contribution is -2.03. The zero-order valence-electron chi connectivity index (χ0n) is 8.06. The Labute approximate surface area is 82.1 Å². The molecule has 0 fully saturated rings. The lowest BCUT2D eigenvalue weighted by atomic mass is 10.2. The molecule has 3 heteroatoms. The molecule has 0 heterocycles. The molecule has 0 bridgehead atoms. The smallest absolute Gasteiger partial charge is 0.171 e. The second kappa shape index (κ2) is 6.28. The molecule has 0 aromatic heterocycles. The zero-order chi connectivity index (χ0) is 11.0. The number of allylic oxidation sites excluding steroid dienone is 4. The predicted molar refractivity (Wildman–Crippen MR) is 51.9 cm³/mol. The first kappa shape index (κ1) is 12.8. The van der Waals surface area contributed by atoms with Gasteiger partial charge >= 0.3 is 6.18 Å². The molecule has 0 aliphatic heterocycles. The fraction of sp³-hybridized carbons (Fsp3) is 0.364. The third-order valence-electron chi connectivity index (χ3n) is 1.44. The highest BCUT2D eigenvalue weighted by molar-refractivity contribution is 5.20. The number of hydrogen-bond donors (Lipinski definition) is 0. The Morgan fingerprint density at radius 2 is 2.07 bits per heavy atom. The maximum atomic E-state index is 11.7. The molecule has 0 atom stereocenters. The molecule has 0 aliphatic rings. The molecule has 0 aromatic rings. The van der Waals surface area contributed by atoms with E-state index in [-0.39, 0.29) is 0 Å². The summed E-state index contributed by atoms with van der Waals surface area (Å²) < 4.78 is 35.2. The van der Waals surface area contributed by atoms with Crippen LogP contribution < -0.4 is 0 Å². The van der Waals surface area contributed by atoms with Gasteiger partial charge in [0.2, 0.25) is 0 Å². The summed E-state index contributed by atoms with van der Waals surface area (Å²) in [5, 5.41) is 0. The summed E-state index contributed by atoms with van der Waals surface area (Å²) in [6.07, 6.45) is 1.52. The number of halogens is 3. The van der Waals surface area contributed by atoms with E-state index in [1.807, 2.05) is 6.92 Å². The molecule has 14 heavy (non-hydrogen) atoms. The van der Waals surface area contributed by atoms with Crippen molar-refractivity contribution in [3.8, 4) is 0 Å². The molecule has 78 valence electrons. The van der Waals surface area contributed by atoms with Gasteiger partial charge in [0.05, 0.1) is 6.42 Å². The standard InChI is InChI=1S/C11H13F3/c1-3-5-7-10(4-2)8-6-9-11(12,13)14/h3,5-7H,1,4,9H2,2H3/b7-5-. The van der Waals surface area contributed by atoms with Gasteiger partial charge in [-0.2, -0.15) is 13.2 Å². The number of rotatable bonds is 4. The predicted octanol–water partition coefficient (Wildman–Crippen LogP) is 4.17. The third kappa shape index (κ3) is 7.44. The van der Waals surface area contributed by atoms with Crippen LogP contribution in [0.4, 0.5) is 13.2 Å². The van der Waals surface area contributed by atoms with Crippen LogP contribution in [-0.2, 0) is 0 Å². The first-order valence-electron chi connectivity index (χ1n) is 4.29. The molecular weight excluding hydrogens is 189 g/mol. The van der Waals surface area contributed by atoms with Crippen LogP contribution in [0.1, 0.15) is 19.8 Å². The van der Waals surface area contributed by atoms with Gasteiger partial charge in [0.15, 0.2) is 0 Å². The lowest BCUT2D eigenvalue weighted by molar-refractivity contribution is -0.124. The summed E-state index contributed by atoms with van der Waals surface area (Å²) in [6.45, 7) is 5.33. The molecule has 0 amide bonds. The van der Waals surface area contributed by atoms with Gasteiger partial charge in [0.25, 0.3) is 0 Å². The summed E-state index contributed by atoms with van der Waals surface area (Å²) >= 11 is 0. The van der Waals surface area contributed by atoms with E-state index in [1.54, 1.807) is 18.2 Å². The average molecular weight is 202 g/mol. The summed E-state index contributed by atoms with van der Waals surface area (Å²) in [5.74, 6) is 0. The van der Waals surface area contributed by atoms with Crippen molar-refractivity contribution >= 4 is 0 Å². The minimum Gasteiger partial charge on any atom is -0.171 e. The SMILES string of the molecule is C=C/C=C\C(=C=CCC(F)(F)F)CC. The molecule has 0 spiro atoms. The van der Waals surface area contributed by atoms with Crippen LogP contribution in [0.25, 0.3) is 0 Å². The fourth-order valence-electron chi connectivity index (χ4n) is 0.750. The molecular formula is C11H13F3. The van der Waals surface area contributed by atoms with Crippen molar-refractivity contribution in [2.45, 2.75) is 25.9 Å². The second-order valence-electron chi connectivity index (χ2n) is 2.64. The van der Waals surface area contributed by atoms with Gasteiger partial charge in [0.1, 0.15) is 0 Å². The Bertz CT molecular complexity index is 263. The van der Waals surface area contributed by atoms with Crippen LogP contribution in [0, 0.1) is 0 Å². The number of hydrogen-bond acceptors (Lipinski definition) is 0. The van der Waals surface area contributed by atoms with Gasteiger partial charge < -0.3 is 0 Å². The first-order valence-corrected chi connectivity index (χ1v) is 4.29. The zero-order valence-corrected chi connectivity index (χ0v) is 8.06.